The number of hydrogen-bond acceptors (Lipinski definition) is 0. The summed E-state index contributed by atoms with van der Waals surface area (Å²) >= 11 is 6.04. The predicted molar refractivity (Wildman–Crippen MR) is 90.2 cm³/mol. The third-order valence-corrected chi connectivity index (χ3v) is 3.92. The molecule has 0 aromatic heterocycles. The molecule has 1 aliphatic carbocycles. The summed E-state index contributed by atoms with van der Waals surface area (Å²) in [6.45, 7) is 4.32. The van der Waals surface area contributed by atoms with Crippen molar-refractivity contribution in [1.29, 1.82) is 0 Å². The largest absolute Gasteiger partial charge is 0.113 e. The van der Waals surface area contributed by atoms with Gasteiger partial charge in [0.05, 0.1) is 0 Å². The Hall–Kier alpha value is -1.21. The van der Waals surface area contributed by atoms with Gasteiger partial charge in [0, 0.05) is 5.02 Å². The Morgan fingerprint density at radius 2 is 2.05 bits per heavy atom. The first kappa shape index (κ1) is 15.2. The Bertz CT molecular complexity index is 567. The summed E-state index contributed by atoms with van der Waals surface area (Å²) in [5.74, 6) is 0.463. The van der Waals surface area contributed by atoms with Crippen LogP contribution < -0.4 is 0 Å². The summed E-state index contributed by atoms with van der Waals surface area (Å²) in [5.41, 5.74) is 4.67. The van der Waals surface area contributed by atoms with E-state index in [0.717, 1.165) is 29.8 Å². The molecule has 1 unspecified atom stereocenters. The van der Waals surface area contributed by atoms with Gasteiger partial charge in [-0.3, -0.25) is 0 Å². The van der Waals surface area contributed by atoms with Gasteiger partial charge in [0.2, 0.25) is 0 Å². The maximum absolute atomic E-state index is 6.04. The molecule has 0 spiro atoms. The first-order valence-electron chi connectivity index (χ1n) is 7.15. The lowest BCUT2D eigenvalue weighted by atomic mass is 9.80. The van der Waals surface area contributed by atoms with Gasteiger partial charge in [-0.2, -0.15) is 0 Å². The Balaban J connectivity index is 2.02. The fourth-order valence-corrected chi connectivity index (χ4v) is 2.60. The maximum atomic E-state index is 6.04. The van der Waals surface area contributed by atoms with E-state index in [1.165, 1.54) is 16.7 Å². The second kappa shape index (κ2) is 6.99. The smallest absolute Gasteiger partial charge is 0.0977 e. The number of allylic oxidation sites excluding steroid dienone is 5. The summed E-state index contributed by atoms with van der Waals surface area (Å²) in [6, 6.07) is 5.99. The van der Waals surface area contributed by atoms with E-state index >= 15 is 0 Å². The van der Waals surface area contributed by atoms with Crippen LogP contribution in [-0.4, -0.2) is 7.85 Å². The molecule has 20 heavy (non-hydrogen) atoms. The van der Waals surface area contributed by atoms with Crippen molar-refractivity contribution < 1.29 is 0 Å². The van der Waals surface area contributed by atoms with Gasteiger partial charge in [-0.1, -0.05) is 59.9 Å². The zero-order valence-electron chi connectivity index (χ0n) is 12.2. The van der Waals surface area contributed by atoms with E-state index in [9.17, 15) is 0 Å². The van der Waals surface area contributed by atoms with Crippen LogP contribution in [0.25, 0.3) is 6.08 Å². The molecule has 1 aromatic carbocycles. The predicted octanol–water partition coefficient (Wildman–Crippen LogP) is 5.46. The highest BCUT2D eigenvalue weighted by molar-refractivity contribution is 6.30. The third-order valence-electron chi connectivity index (χ3n) is 3.68. The van der Waals surface area contributed by atoms with Crippen LogP contribution in [0.2, 0.25) is 5.02 Å². The summed E-state index contributed by atoms with van der Waals surface area (Å²) < 4.78 is 0. The van der Waals surface area contributed by atoms with E-state index in [2.05, 4.69) is 44.2 Å². The molecule has 102 valence electrons. The van der Waals surface area contributed by atoms with Gasteiger partial charge in [-0.05, 0) is 55.4 Å². The molecule has 0 heterocycles. The second-order valence-electron chi connectivity index (χ2n) is 5.51. The van der Waals surface area contributed by atoms with Crippen LogP contribution in [-0.2, 0) is 0 Å². The van der Waals surface area contributed by atoms with Crippen molar-refractivity contribution in [3.8, 4) is 0 Å². The highest BCUT2D eigenvalue weighted by Crippen LogP contribution is 2.24. The average Bonchev–Trinajstić information content (AvgIpc) is 2.42. The van der Waals surface area contributed by atoms with Crippen LogP contribution >= 0.6 is 11.6 Å². The molecular formula is C18H20BCl. The molecule has 1 aliphatic rings. The number of benzene rings is 1. The molecule has 2 rings (SSSR count). The van der Waals surface area contributed by atoms with Crippen molar-refractivity contribution in [2.24, 2.45) is 5.92 Å². The molecule has 0 aliphatic heterocycles. The van der Waals surface area contributed by atoms with Gasteiger partial charge in [0.1, 0.15) is 7.85 Å². The Kier molecular flexibility index (Phi) is 5.31. The lowest BCUT2D eigenvalue weighted by molar-refractivity contribution is 0.721. The lowest BCUT2D eigenvalue weighted by Gasteiger charge is -2.16. The Morgan fingerprint density at radius 1 is 1.30 bits per heavy atom. The molecule has 1 atom stereocenters. The van der Waals surface area contributed by atoms with Gasteiger partial charge in [0.15, 0.2) is 0 Å². The monoisotopic (exact) mass is 282 g/mol. The average molecular weight is 283 g/mol. The molecule has 0 saturated heterocycles. The quantitative estimate of drug-likeness (QED) is 0.643. The molecule has 2 heteroatoms. The number of hydrogen-bond donors (Lipinski definition) is 0. The Labute approximate surface area is 128 Å². The minimum absolute atomic E-state index is 0.463. The fourth-order valence-electron chi connectivity index (χ4n) is 2.42. The van der Waals surface area contributed by atoms with E-state index in [1.54, 1.807) is 0 Å². The first-order valence-corrected chi connectivity index (χ1v) is 7.53. The van der Waals surface area contributed by atoms with Crippen molar-refractivity contribution in [1.82, 2.24) is 0 Å². The minimum atomic E-state index is 0.463. The van der Waals surface area contributed by atoms with Crippen LogP contribution in [0.15, 0.2) is 47.5 Å². The Morgan fingerprint density at radius 3 is 2.80 bits per heavy atom. The number of halogens is 1. The highest BCUT2D eigenvalue weighted by atomic mass is 35.5. The zero-order valence-corrected chi connectivity index (χ0v) is 13.0. The first-order chi connectivity index (χ1) is 9.56. The van der Waals surface area contributed by atoms with Crippen molar-refractivity contribution in [3.63, 3.8) is 0 Å². The van der Waals surface area contributed by atoms with E-state index in [-0.39, 0.29) is 0 Å². The molecule has 0 fully saturated rings. The molecule has 0 nitrogen and oxygen atoms in total. The van der Waals surface area contributed by atoms with E-state index in [0.29, 0.717) is 5.92 Å². The van der Waals surface area contributed by atoms with Crippen LogP contribution in [0, 0.1) is 12.8 Å². The third kappa shape index (κ3) is 4.14. The van der Waals surface area contributed by atoms with Gasteiger partial charge in [-0.25, -0.2) is 0 Å². The van der Waals surface area contributed by atoms with Crippen LogP contribution in [0.1, 0.15) is 37.3 Å². The van der Waals surface area contributed by atoms with Gasteiger partial charge in [0.25, 0.3) is 0 Å². The van der Waals surface area contributed by atoms with E-state index in [4.69, 9.17) is 19.4 Å². The molecule has 2 radical (unpaired) electrons. The zero-order chi connectivity index (χ0) is 14.5. The van der Waals surface area contributed by atoms with Crippen molar-refractivity contribution >= 4 is 25.5 Å². The SMILES string of the molecule is [B]C1=CCCC=C1CC(C)/C=C/c1cc(Cl)ccc1C. The van der Waals surface area contributed by atoms with Gasteiger partial charge < -0.3 is 0 Å². The molecule has 1 aromatic rings. The van der Waals surface area contributed by atoms with Crippen LogP contribution in [0.3, 0.4) is 0 Å². The van der Waals surface area contributed by atoms with Gasteiger partial charge >= 0.3 is 0 Å². The molecule has 0 amide bonds. The standard InChI is InChI=1S/C18H20BCl/c1-13(11-16-5-3-4-6-18(16)19)7-9-15-12-17(20)10-8-14(15)2/h5-10,12-13H,3-4,11H2,1-2H3/b9-7+. The van der Waals surface area contributed by atoms with Crippen molar-refractivity contribution in [3.05, 3.63) is 63.6 Å². The fraction of sp³-hybridized carbons (Fsp3) is 0.333. The summed E-state index contributed by atoms with van der Waals surface area (Å²) in [5, 5.41) is 0.782. The van der Waals surface area contributed by atoms with Crippen molar-refractivity contribution in [2.75, 3.05) is 0 Å². The normalized spacial score (nSPS) is 16.9. The maximum Gasteiger partial charge on any atom is 0.113 e. The molecular weight excluding hydrogens is 262 g/mol. The number of rotatable bonds is 4. The lowest BCUT2D eigenvalue weighted by Crippen LogP contribution is -2.00. The highest BCUT2D eigenvalue weighted by Gasteiger charge is 2.07. The molecule has 0 bridgehead atoms. The minimum Gasteiger partial charge on any atom is -0.0977 e. The van der Waals surface area contributed by atoms with E-state index in [1.807, 2.05) is 12.1 Å². The topological polar surface area (TPSA) is 0 Å². The summed E-state index contributed by atoms with van der Waals surface area (Å²) in [7, 11) is 6.03. The van der Waals surface area contributed by atoms with Gasteiger partial charge in [-0.15, -0.1) is 0 Å². The molecule has 0 N–H and O–H groups in total. The summed E-state index contributed by atoms with van der Waals surface area (Å²) in [4.78, 5) is 0. The van der Waals surface area contributed by atoms with Crippen LogP contribution in [0.4, 0.5) is 0 Å². The van der Waals surface area contributed by atoms with Crippen molar-refractivity contribution in [2.45, 2.75) is 33.1 Å². The van der Waals surface area contributed by atoms with Crippen LogP contribution in [0.5, 0.6) is 0 Å². The van der Waals surface area contributed by atoms with E-state index < -0.39 is 0 Å². The molecule has 0 saturated carbocycles. The number of aryl methyl sites for hydroxylation is 1. The second-order valence-corrected chi connectivity index (χ2v) is 5.94. The summed E-state index contributed by atoms with van der Waals surface area (Å²) in [6.07, 6.45) is 12.0.